The number of nitrogens with zero attached hydrogens (tertiary/aromatic N) is 1. The van der Waals surface area contributed by atoms with Gasteiger partial charge in [-0.2, -0.15) is 0 Å². The number of benzene rings is 1. The SMILES string of the molecule is CC(C)C1NC(=O)CCN(Cc2ccc(Cl)cc2)C1=O. The Morgan fingerprint density at radius 1 is 1.30 bits per heavy atom. The average Bonchev–Trinajstić information content (AvgIpc) is 2.54. The van der Waals surface area contributed by atoms with Crippen LogP contribution in [0.3, 0.4) is 0 Å². The molecule has 1 saturated heterocycles. The van der Waals surface area contributed by atoms with Crippen molar-refractivity contribution in [3.8, 4) is 0 Å². The highest BCUT2D eigenvalue weighted by atomic mass is 35.5. The number of halogens is 1. The molecule has 1 N–H and O–H groups in total. The first kappa shape index (κ1) is 14.9. The van der Waals surface area contributed by atoms with Gasteiger partial charge in [0.15, 0.2) is 0 Å². The van der Waals surface area contributed by atoms with Gasteiger partial charge in [-0.25, -0.2) is 0 Å². The van der Waals surface area contributed by atoms with Crippen LogP contribution >= 0.6 is 11.6 Å². The van der Waals surface area contributed by atoms with Crippen LogP contribution in [0.2, 0.25) is 5.02 Å². The lowest BCUT2D eigenvalue weighted by Gasteiger charge is -2.26. The van der Waals surface area contributed by atoms with Gasteiger partial charge in [0.2, 0.25) is 11.8 Å². The second-order valence-corrected chi connectivity index (χ2v) is 5.86. The van der Waals surface area contributed by atoms with E-state index < -0.39 is 6.04 Å². The van der Waals surface area contributed by atoms with Crippen LogP contribution in [-0.4, -0.2) is 29.3 Å². The highest BCUT2D eigenvalue weighted by Gasteiger charge is 2.31. The molecule has 1 unspecified atom stereocenters. The quantitative estimate of drug-likeness (QED) is 0.929. The Hall–Kier alpha value is -1.55. The van der Waals surface area contributed by atoms with E-state index in [1.54, 1.807) is 4.90 Å². The van der Waals surface area contributed by atoms with Crippen LogP contribution in [0.1, 0.15) is 25.8 Å². The van der Waals surface area contributed by atoms with Crippen molar-refractivity contribution in [1.29, 1.82) is 0 Å². The molecule has 0 aliphatic carbocycles. The summed E-state index contributed by atoms with van der Waals surface area (Å²) in [5, 5.41) is 3.48. The van der Waals surface area contributed by atoms with Gasteiger partial charge >= 0.3 is 0 Å². The fourth-order valence-corrected chi connectivity index (χ4v) is 2.40. The van der Waals surface area contributed by atoms with E-state index in [2.05, 4.69) is 5.32 Å². The van der Waals surface area contributed by atoms with Gasteiger partial charge in [-0.05, 0) is 23.6 Å². The summed E-state index contributed by atoms with van der Waals surface area (Å²) in [6.45, 7) is 4.84. The molecule has 108 valence electrons. The first-order valence-corrected chi connectivity index (χ1v) is 7.18. The van der Waals surface area contributed by atoms with Crippen LogP contribution in [0.25, 0.3) is 0 Å². The first-order valence-electron chi connectivity index (χ1n) is 6.80. The van der Waals surface area contributed by atoms with Crippen LogP contribution in [0.4, 0.5) is 0 Å². The van der Waals surface area contributed by atoms with E-state index in [1.165, 1.54) is 0 Å². The second kappa shape index (κ2) is 6.27. The van der Waals surface area contributed by atoms with Gasteiger partial charge in [-0.15, -0.1) is 0 Å². The number of carbonyl (C=O) groups excluding carboxylic acids is 2. The molecule has 2 amide bonds. The largest absolute Gasteiger partial charge is 0.344 e. The molecule has 5 heteroatoms. The molecule has 1 fully saturated rings. The van der Waals surface area contributed by atoms with Crippen molar-refractivity contribution in [3.05, 3.63) is 34.9 Å². The smallest absolute Gasteiger partial charge is 0.245 e. The molecular weight excluding hydrogens is 276 g/mol. The normalized spacial score (nSPS) is 20.0. The monoisotopic (exact) mass is 294 g/mol. The van der Waals surface area contributed by atoms with Crippen LogP contribution in [0.15, 0.2) is 24.3 Å². The Morgan fingerprint density at radius 3 is 2.55 bits per heavy atom. The fraction of sp³-hybridized carbons (Fsp3) is 0.467. The Kier molecular flexibility index (Phi) is 4.65. The van der Waals surface area contributed by atoms with Gasteiger partial charge < -0.3 is 10.2 Å². The standard InChI is InChI=1S/C15H19ClN2O2/c1-10(2)14-15(20)18(8-7-13(19)17-14)9-11-3-5-12(16)6-4-11/h3-6,10,14H,7-9H2,1-2H3,(H,17,19). The minimum Gasteiger partial charge on any atom is -0.344 e. The first-order chi connectivity index (χ1) is 9.47. The molecule has 1 aliphatic heterocycles. The molecule has 2 rings (SSSR count). The Bertz CT molecular complexity index is 499. The number of hydrogen-bond acceptors (Lipinski definition) is 2. The van der Waals surface area contributed by atoms with Gasteiger partial charge in [0.1, 0.15) is 6.04 Å². The molecule has 0 saturated carbocycles. The number of hydrogen-bond donors (Lipinski definition) is 1. The molecule has 1 aromatic carbocycles. The number of rotatable bonds is 3. The highest BCUT2D eigenvalue weighted by Crippen LogP contribution is 2.16. The molecule has 1 heterocycles. The molecule has 20 heavy (non-hydrogen) atoms. The maximum absolute atomic E-state index is 12.5. The number of amides is 2. The third-order valence-electron chi connectivity index (χ3n) is 3.46. The number of nitrogens with one attached hydrogen (secondary N) is 1. The van der Waals surface area contributed by atoms with Crippen molar-refractivity contribution >= 4 is 23.4 Å². The molecule has 0 spiro atoms. The lowest BCUT2D eigenvalue weighted by molar-refractivity contribution is -0.135. The summed E-state index contributed by atoms with van der Waals surface area (Å²) in [7, 11) is 0. The highest BCUT2D eigenvalue weighted by molar-refractivity contribution is 6.30. The maximum Gasteiger partial charge on any atom is 0.245 e. The zero-order chi connectivity index (χ0) is 14.7. The van der Waals surface area contributed by atoms with E-state index in [0.717, 1.165) is 5.56 Å². The van der Waals surface area contributed by atoms with Crippen LogP contribution in [-0.2, 0) is 16.1 Å². The summed E-state index contributed by atoms with van der Waals surface area (Å²) in [5.74, 6) is 0.00808. The molecule has 4 nitrogen and oxygen atoms in total. The zero-order valence-corrected chi connectivity index (χ0v) is 12.5. The van der Waals surface area contributed by atoms with Crippen molar-refractivity contribution in [2.45, 2.75) is 32.9 Å². The summed E-state index contributed by atoms with van der Waals surface area (Å²) >= 11 is 5.86. The fourth-order valence-electron chi connectivity index (χ4n) is 2.27. The maximum atomic E-state index is 12.5. The average molecular weight is 295 g/mol. The minimum atomic E-state index is -0.433. The van der Waals surface area contributed by atoms with Crippen molar-refractivity contribution in [1.82, 2.24) is 10.2 Å². The molecule has 0 aromatic heterocycles. The van der Waals surface area contributed by atoms with Crippen LogP contribution < -0.4 is 5.32 Å². The van der Waals surface area contributed by atoms with E-state index in [0.29, 0.717) is 24.5 Å². The lowest BCUT2D eigenvalue weighted by Crippen LogP contribution is -2.47. The lowest BCUT2D eigenvalue weighted by atomic mass is 10.0. The zero-order valence-electron chi connectivity index (χ0n) is 11.7. The Morgan fingerprint density at radius 2 is 1.95 bits per heavy atom. The van der Waals surface area contributed by atoms with Gasteiger partial charge in [-0.3, -0.25) is 9.59 Å². The topological polar surface area (TPSA) is 49.4 Å². The van der Waals surface area contributed by atoms with Gasteiger partial charge in [0.25, 0.3) is 0 Å². The molecule has 1 aliphatic rings. The van der Waals surface area contributed by atoms with Gasteiger partial charge in [0.05, 0.1) is 0 Å². The van der Waals surface area contributed by atoms with E-state index in [4.69, 9.17) is 11.6 Å². The predicted molar refractivity (Wildman–Crippen MR) is 78.3 cm³/mol. The summed E-state index contributed by atoms with van der Waals surface area (Å²) in [5.41, 5.74) is 1.01. The van der Waals surface area contributed by atoms with E-state index >= 15 is 0 Å². The van der Waals surface area contributed by atoms with Crippen molar-refractivity contribution in [2.75, 3.05) is 6.54 Å². The molecule has 0 radical (unpaired) electrons. The second-order valence-electron chi connectivity index (χ2n) is 5.43. The predicted octanol–water partition coefficient (Wildman–Crippen LogP) is 2.21. The molecule has 1 aromatic rings. The summed E-state index contributed by atoms with van der Waals surface area (Å²) in [6.07, 6.45) is 0.350. The van der Waals surface area contributed by atoms with Crippen LogP contribution in [0, 0.1) is 5.92 Å². The summed E-state index contributed by atoms with van der Waals surface area (Å²) < 4.78 is 0. The van der Waals surface area contributed by atoms with Crippen LogP contribution in [0.5, 0.6) is 0 Å². The van der Waals surface area contributed by atoms with E-state index in [9.17, 15) is 9.59 Å². The van der Waals surface area contributed by atoms with Gasteiger partial charge in [-0.1, -0.05) is 37.6 Å². The third kappa shape index (κ3) is 3.51. The number of carbonyl (C=O) groups is 2. The third-order valence-corrected chi connectivity index (χ3v) is 3.71. The molecular formula is C15H19ClN2O2. The Balaban J connectivity index is 2.14. The minimum absolute atomic E-state index is 0.0131. The Labute approximate surface area is 124 Å². The molecule has 0 bridgehead atoms. The van der Waals surface area contributed by atoms with Crippen molar-refractivity contribution < 1.29 is 9.59 Å². The summed E-state index contributed by atoms with van der Waals surface area (Å²) in [4.78, 5) is 25.9. The van der Waals surface area contributed by atoms with E-state index in [-0.39, 0.29) is 17.7 Å². The summed E-state index contributed by atoms with van der Waals surface area (Å²) in [6, 6.07) is 6.99. The van der Waals surface area contributed by atoms with E-state index in [1.807, 2.05) is 38.1 Å². The van der Waals surface area contributed by atoms with Crippen molar-refractivity contribution in [3.63, 3.8) is 0 Å². The van der Waals surface area contributed by atoms with Crippen molar-refractivity contribution in [2.24, 2.45) is 5.92 Å². The van der Waals surface area contributed by atoms with Gasteiger partial charge in [0, 0.05) is 24.5 Å². The molecule has 1 atom stereocenters.